The van der Waals surface area contributed by atoms with Gasteiger partial charge >= 0.3 is 0 Å². The van der Waals surface area contributed by atoms with Crippen molar-refractivity contribution in [3.63, 3.8) is 0 Å². The highest BCUT2D eigenvalue weighted by Crippen LogP contribution is 2.18. The Morgan fingerprint density at radius 3 is 2.44 bits per heavy atom. The second-order valence-corrected chi connectivity index (χ2v) is 4.24. The summed E-state index contributed by atoms with van der Waals surface area (Å²) in [4.78, 5) is 19.1. The molecule has 4 heteroatoms. The molecule has 1 atom stereocenters. The summed E-state index contributed by atoms with van der Waals surface area (Å²) in [6.45, 7) is 7.86. The van der Waals surface area contributed by atoms with Crippen LogP contribution in [0.5, 0.6) is 0 Å². The van der Waals surface area contributed by atoms with Crippen molar-refractivity contribution in [2.45, 2.75) is 46.1 Å². The monoisotopic (exact) mass is 224 g/mol. The molecule has 0 radical (unpaired) electrons. The first-order valence-electron chi connectivity index (χ1n) is 5.64. The number of aromatic nitrogens is 2. The third-order valence-corrected chi connectivity index (χ3v) is 2.70. The molecule has 0 fully saturated rings. The van der Waals surface area contributed by atoms with E-state index < -0.39 is 0 Å². The first-order chi connectivity index (χ1) is 7.51. The maximum absolute atomic E-state index is 11.9. The van der Waals surface area contributed by atoms with E-state index in [-0.39, 0.29) is 17.6 Å². The number of rotatable bonds is 4. The van der Waals surface area contributed by atoms with Crippen molar-refractivity contribution in [3.05, 3.63) is 27.4 Å². The highest BCUT2D eigenvalue weighted by atomic mass is 16.5. The molecule has 90 valence electrons. The Bertz CT molecular complexity index is 406. The molecule has 0 saturated heterocycles. The highest BCUT2D eigenvalue weighted by Gasteiger charge is 2.16. The molecule has 0 spiro atoms. The normalized spacial score (nSPS) is 13.1. The van der Waals surface area contributed by atoms with Crippen LogP contribution in [-0.2, 0) is 4.74 Å². The van der Waals surface area contributed by atoms with Gasteiger partial charge in [0.2, 0.25) is 0 Å². The Morgan fingerprint density at radius 2 is 2.06 bits per heavy atom. The number of nitrogens with one attached hydrogen (secondary N) is 1. The van der Waals surface area contributed by atoms with Crippen LogP contribution in [0.15, 0.2) is 4.79 Å². The lowest BCUT2D eigenvalue weighted by Gasteiger charge is -2.15. The summed E-state index contributed by atoms with van der Waals surface area (Å²) in [5.41, 5.74) is 1.51. The van der Waals surface area contributed by atoms with E-state index in [1.54, 1.807) is 7.11 Å². The molecule has 0 aliphatic carbocycles. The minimum Gasteiger partial charge on any atom is -0.374 e. The lowest BCUT2D eigenvalue weighted by atomic mass is 10.0. The molecule has 0 aliphatic rings. The van der Waals surface area contributed by atoms with Gasteiger partial charge in [-0.25, -0.2) is 4.98 Å². The van der Waals surface area contributed by atoms with E-state index in [2.05, 4.69) is 9.97 Å². The fourth-order valence-electron chi connectivity index (χ4n) is 1.92. The number of aromatic amines is 1. The molecular weight excluding hydrogens is 204 g/mol. The Kier molecular flexibility index (Phi) is 4.24. The summed E-state index contributed by atoms with van der Waals surface area (Å²) in [5.74, 6) is 0.810. The van der Waals surface area contributed by atoms with Crippen LogP contribution in [0.3, 0.4) is 0 Å². The van der Waals surface area contributed by atoms with Crippen molar-refractivity contribution in [2.75, 3.05) is 7.11 Å². The van der Waals surface area contributed by atoms with Gasteiger partial charge in [0.05, 0.1) is 0 Å². The molecule has 1 heterocycles. The molecule has 0 bridgehead atoms. The fraction of sp³-hybridized carbons (Fsp3) is 0.667. The Hall–Kier alpha value is -1.16. The first kappa shape index (κ1) is 12.9. The molecule has 1 N–H and O–H groups in total. The molecule has 16 heavy (non-hydrogen) atoms. The van der Waals surface area contributed by atoms with Crippen LogP contribution in [0.1, 0.15) is 56.3 Å². The molecule has 1 rings (SSSR count). The third kappa shape index (κ3) is 2.50. The highest BCUT2D eigenvalue weighted by molar-refractivity contribution is 5.20. The number of hydrogen-bond acceptors (Lipinski definition) is 3. The maximum atomic E-state index is 11.9. The Morgan fingerprint density at radius 1 is 1.44 bits per heavy atom. The molecular formula is C12H20N2O2. The number of hydrogen-bond donors (Lipinski definition) is 1. The summed E-state index contributed by atoms with van der Waals surface area (Å²) in [6, 6.07) is 0. The standard InChI is InChI=1S/C12H20N2O2/c1-6-9(16-5)11-13-8(4)10(7(2)3)12(15)14-11/h7,9H,6H2,1-5H3,(H,13,14,15). The van der Waals surface area contributed by atoms with Crippen molar-refractivity contribution in [2.24, 2.45) is 0 Å². The minimum absolute atomic E-state index is 0.0481. The van der Waals surface area contributed by atoms with Crippen LogP contribution in [0.2, 0.25) is 0 Å². The van der Waals surface area contributed by atoms with Crippen LogP contribution in [0, 0.1) is 6.92 Å². The maximum Gasteiger partial charge on any atom is 0.254 e. The fourth-order valence-corrected chi connectivity index (χ4v) is 1.92. The summed E-state index contributed by atoms with van der Waals surface area (Å²) < 4.78 is 5.26. The van der Waals surface area contributed by atoms with Gasteiger partial charge in [-0.15, -0.1) is 0 Å². The molecule has 4 nitrogen and oxygen atoms in total. The first-order valence-corrected chi connectivity index (χ1v) is 5.64. The zero-order valence-corrected chi connectivity index (χ0v) is 10.6. The zero-order valence-electron chi connectivity index (χ0n) is 10.6. The SMILES string of the molecule is CCC(OC)c1nc(C)c(C(C)C)c(=O)[nH]1. The minimum atomic E-state index is -0.132. The average Bonchev–Trinajstić information content (AvgIpc) is 2.17. The van der Waals surface area contributed by atoms with Gasteiger partial charge in [0, 0.05) is 18.4 Å². The van der Waals surface area contributed by atoms with E-state index in [1.165, 1.54) is 0 Å². The molecule has 1 aromatic heterocycles. The van der Waals surface area contributed by atoms with Gasteiger partial charge in [-0.2, -0.15) is 0 Å². The summed E-state index contributed by atoms with van der Waals surface area (Å²) in [7, 11) is 1.62. The number of methoxy groups -OCH3 is 1. The third-order valence-electron chi connectivity index (χ3n) is 2.70. The number of H-pyrrole nitrogens is 1. The van der Waals surface area contributed by atoms with Crippen molar-refractivity contribution < 1.29 is 4.74 Å². The van der Waals surface area contributed by atoms with E-state index in [4.69, 9.17) is 4.74 Å². The Balaban J connectivity index is 3.24. The van der Waals surface area contributed by atoms with Gasteiger partial charge in [-0.05, 0) is 19.3 Å². The van der Waals surface area contributed by atoms with Crippen molar-refractivity contribution in [1.29, 1.82) is 0 Å². The van der Waals surface area contributed by atoms with Gasteiger partial charge in [0.25, 0.3) is 5.56 Å². The largest absolute Gasteiger partial charge is 0.374 e. The summed E-state index contributed by atoms with van der Waals surface area (Å²) in [6.07, 6.45) is 0.660. The van der Waals surface area contributed by atoms with Gasteiger partial charge in [0.1, 0.15) is 11.9 Å². The van der Waals surface area contributed by atoms with Gasteiger partial charge in [-0.3, -0.25) is 4.79 Å². The number of nitrogens with zero attached hydrogens (tertiary/aromatic N) is 1. The summed E-state index contributed by atoms with van der Waals surface area (Å²) in [5, 5.41) is 0. The smallest absolute Gasteiger partial charge is 0.254 e. The molecule has 1 aromatic rings. The second kappa shape index (κ2) is 5.25. The molecule has 0 saturated carbocycles. The predicted molar refractivity (Wildman–Crippen MR) is 63.7 cm³/mol. The van der Waals surface area contributed by atoms with Crippen LogP contribution < -0.4 is 5.56 Å². The van der Waals surface area contributed by atoms with E-state index in [9.17, 15) is 4.79 Å². The summed E-state index contributed by atoms with van der Waals surface area (Å²) >= 11 is 0. The van der Waals surface area contributed by atoms with E-state index >= 15 is 0 Å². The molecule has 1 unspecified atom stereocenters. The molecule has 0 amide bonds. The average molecular weight is 224 g/mol. The quantitative estimate of drug-likeness (QED) is 0.853. The van der Waals surface area contributed by atoms with Crippen molar-refractivity contribution in [3.8, 4) is 0 Å². The van der Waals surface area contributed by atoms with E-state index in [0.29, 0.717) is 5.82 Å². The predicted octanol–water partition coefficient (Wildman–Crippen LogP) is 2.30. The number of aryl methyl sites for hydroxylation is 1. The molecule has 0 aromatic carbocycles. The lowest BCUT2D eigenvalue weighted by molar-refractivity contribution is 0.0921. The zero-order chi connectivity index (χ0) is 12.3. The van der Waals surface area contributed by atoms with Crippen molar-refractivity contribution in [1.82, 2.24) is 9.97 Å². The van der Waals surface area contributed by atoms with E-state index in [0.717, 1.165) is 17.7 Å². The molecule has 0 aliphatic heterocycles. The van der Waals surface area contributed by atoms with Crippen LogP contribution in [0.4, 0.5) is 0 Å². The second-order valence-electron chi connectivity index (χ2n) is 4.24. The van der Waals surface area contributed by atoms with Gasteiger partial charge < -0.3 is 9.72 Å². The topological polar surface area (TPSA) is 55.0 Å². The van der Waals surface area contributed by atoms with Crippen molar-refractivity contribution >= 4 is 0 Å². The van der Waals surface area contributed by atoms with E-state index in [1.807, 2.05) is 27.7 Å². The van der Waals surface area contributed by atoms with Crippen LogP contribution in [0.25, 0.3) is 0 Å². The Labute approximate surface area is 96.1 Å². The van der Waals surface area contributed by atoms with Crippen LogP contribution >= 0.6 is 0 Å². The number of ether oxygens (including phenoxy) is 1. The lowest BCUT2D eigenvalue weighted by Crippen LogP contribution is -2.22. The van der Waals surface area contributed by atoms with Gasteiger partial charge in [-0.1, -0.05) is 20.8 Å². The van der Waals surface area contributed by atoms with Crippen LogP contribution in [-0.4, -0.2) is 17.1 Å². The van der Waals surface area contributed by atoms with Gasteiger partial charge in [0.15, 0.2) is 0 Å².